The molecule has 2 heteroatoms. The topological polar surface area (TPSA) is 40.9 Å². The number of nitriles is 1. The van der Waals surface area contributed by atoms with Gasteiger partial charge in [-0.15, -0.1) is 0 Å². The van der Waals surface area contributed by atoms with E-state index in [1.165, 1.54) is 0 Å². The number of rotatable bonds is 3. The molecule has 74 valence electrons. The zero-order valence-corrected chi connectivity index (χ0v) is 8.44. The quantitative estimate of drug-likeness (QED) is 0.541. The molecule has 0 fully saturated rings. The third kappa shape index (κ3) is 7.05. The minimum Gasteiger partial charge on any atom is -0.298 e. The lowest BCUT2D eigenvalue weighted by Gasteiger charge is -1.81. The molecule has 0 unspecified atom stereocenters. The van der Waals surface area contributed by atoms with Crippen molar-refractivity contribution in [1.82, 2.24) is 0 Å². The summed E-state index contributed by atoms with van der Waals surface area (Å²) in [5, 5.41) is 7.95. The molecule has 0 aliphatic rings. The molecule has 0 aliphatic heterocycles. The Balaban J connectivity index is 0.000000255. The Labute approximate surface area is 85.2 Å². The molecular formula is C12H15NO. The Morgan fingerprint density at radius 2 is 2.00 bits per heavy atom. The first-order valence-corrected chi connectivity index (χ1v) is 4.72. The predicted molar refractivity (Wildman–Crippen MR) is 57.0 cm³/mol. The van der Waals surface area contributed by atoms with Crippen molar-refractivity contribution in [3.63, 3.8) is 0 Å². The molecule has 2 nitrogen and oxygen atoms in total. The molecule has 1 aromatic carbocycles. The van der Waals surface area contributed by atoms with Crippen molar-refractivity contribution in [2.75, 3.05) is 0 Å². The van der Waals surface area contributed by atoms with Gasteiger partial charge in [0.15, 0.2) is 0 Å². The van der Waals surface area contributed by atoms with Crippen LogP contribution in [-0.4, -0.2) is 6.29 Å². The van der Waals surface area contributed by atoms with Gasteiger partial charge in [0.1, 0.15) is 6.29 Å². The minimum atomic E-state index is 0.719. The second-order valence-electron chi connectivity index (χ2n) is 2.79. The fraction of sp³-hybridized carbons (Fsp3) is 0.333. The van der Waals surface area contributed by atoms with Crippen LogP contribution in [0.4, 0.5) is 0 Å². The zero-order chi connectivity index (χ0) is 10.6. The Hall–Kier alpha value is -1.62. The summed E-state index contributed by atoms with van der Waals surface area (Å²) < 4.78 is 0. The highest BCUT2D eigenvalue weighted by molar-refractivity contribution is 5.74. The third-order valence-corrected chi connectivity index (χ3v) is 1.58. The van der Waals surface area contributed by atoms with E-state index >= 15 is 0 Å². The summed E-state index contributed by atoms with van der Waals surface area (Å²) in [5.74, 6) is 0. The largest absolute Gasteiger partial charge is 0.298 e. The van der Waals surface area contributed by atoms with E-state index in [9.17, 15) is 4.79 Å². The van der Waals surface area contributed by atoms with Crippen LogP contribution in [0.1, 0.15) is 36.5 Å². The Morgan fingerprint density at radius 1 is 1.36 bits per heavy atom. The van der Waals surface area contributed by atoms with E-state index in [0.29, 0.717) is 0 Å². The van der Waals surface area contributed by atoms with Crippen LogP contribution in [0.15, 0.2) is 30.3 Å². The molecule has 0 radical (unpaired) electrons. The fourth-order valence-electron chi connectivity index (χ4n) is 0.787. The summed E-state index contributed by atoms with van der Waals surface area (Å²) in [7, 11) is 0. The molecule has 0 aliphatic carbocycles. The van der Waals surface area contributed by atoms with E-state index in [1.54, 1.807) is 12.1 Å². The molecule has 0 aromatic heterocycles. The van der Waals surface area contributed by atoms with Crippen molar-refractivity contribution in [3.8, 4) is 6.07 Å². The number of hydrogen-bond donors (Lipinski definition) is 0. The van der Waals surface area contributed by atoms with Crippen LogP contribution in [0.5, 0.6) is 0 Å². The van der Waals surface area contributed by atoms with Crippen LogP contribution in [0, 0.1) is 11.3 Å². The molecule has 0 heterocycles. The number of hydrogen-bond acceptors (Lipinski definition) is 2. The van der Waals surface area contributed by atoms with E-state index in [4.69, 9.17) is 5.26 Å². The molecule has 0 saturated carbocycles. The summed E-state index contributed by atoms with van der Waals surface area (Å²) >= 11 is 0. The van der Waals surface area contributed by atoms with E-state index in [-0.39, 0.29) is 0 Å². The number of unbranched alkanes of at least 4 members (excludes halogenated alkanes) is 2. The van der Waals surface area contributed by atoms with Crippen molar-refractivity contribution in [2.24, 2.45) is 0 Å². The van der Waals surface area contributed by atoms with Crippen LogP contribution >= 0.6 is 0 Å². The summed E-state index contributed by atoms with van der Waals surface area (Å²) in [6, 6.07) is 11.2. The van der Waals surface area contributed by atoms with Gasteiger partial charge in [-0.3, -0.25) is 4.79 Å². The number of carbonyl (C=O) groups is 1. The molecular weight excluding hydrogens is 174 g/mol. The van der Waals surface area contributed by atoms with E-state index in [1.807, 2.05) is 18.2 Å². The average molecular weight is 189 g/mol. The Morgan fingerprint density at radius 3 is 2.29 bits per heavy atom. The monoisotopic (exact) mass is 189 g/mol. The molecule has 14 heavy (non-hydrogen) atoms. The SMILES string of the molecule is CCCCC#N.O=Cc1ccccc1. The lowest BCUT2D eigenvalue weighted by Crippen LogP contribution is -1.73. The summed E-state index contributed by atoms with van der Waals surface area (Å²) in [6.45, 7) is 2.08. The molecule has 0 saturated heterocycles. The van der Waals surface area contributed by atoms with Gasteiger partial charge in [-0.1, -0.05) is 43.7 Å². The van der Waals surface area contributed by atoms with Crippen LogP contribution in [-0.2, 0) is 0 Å². The molecule has 0 spiro atoms. The van der Waals surface area contributed by atoms with Gasteiger partial charge >= 0.3 is 0 Å². The lowest BCUT2D eigenvalue weighted by atomic mass is 10.2. The first-order valence-electron chi connectivity index (χ1n) is 4.72. The number of benzene rings is 1. The van der Waals surface area contributed by atoms with Crippen molar-refractivity contribution in [3.05, 3.63) is 35.9 Å². The van der Waals surface area contributed by atoms with E-state index in [2.05, 4.69) is 13.0 Å². The van der Waals surface area contributed by atoms with Crippen LogP contribution in [0.2, 0.25) is 0 Å². The van der Waals surface area contributed by atoms with E-state index in [0.717, 1.165) is 31.1 Å². The lowest BCUT2D eigenvalue weighted by molar-refractivity contribution is 0.112. The fourth-order valence-corrected chi connectivity index (χ4v) is 0.787. The summed E-state index contributed by atoms with van der Waals surface area (Å²) in [5.41, 5.74) is 0.729. The van der Waals surface area contributed by atoms with Gasteiger partial charge in [-0.2, -0.15) is 5.26 Å². The standard InChI is InChI=1S/C7H6O.C5H9N/c8-6-7-4-2-1-3-5-7;1-2-3-4-5-6/h1-6H;2-4H2,1H3. The highest BCUT2D eigenvalue weighted by atomic mass is 16.1. The van der Waals surface area contributed by atoms with Gasteiger partial charge in [0, 0.05) is 12.0 Å². The van der Waals surface area contributed by atoms with Crippen LogP contribution < -0.4 is 0 Å². The van der Waals surface area contributed by atoms with E-state index < -0.39 is 0 Å². The van der Waals surface area contributed by atoms with Crippen molar-refractivity contribution >= 4 is 6.29 Å². The molecule has 0 atom stereocenters. The van der Waals surface area contributed by atoms with Crippen molar-refractivity contribution in [1.29, 1.82) is 5.26 Å². The normalized spacial score (nSPS) is 8.00. The number of aldehydes is 1. The second-order valence-corrected chi connectivity index (χ2v) is 2.79. The number of carbonyl (C=O) groups excluding carboxylic acids is 1. The molecule has 0 N–H and O–H groups in total. The Bertz CT molecular complexity index is 274. The summed E-state index contributed by atoms with van der Waals surface area (Å²) in [4.78, 5) is 10.0. The van der Waals surface area contributed by atoms with Crippen LogP contribution in [0.3, 0.4) is 0 Å². The predicted octanol–water partition coefficient (Wildman–Crippen LogP) is 3.20. The van der Waals surface area contributed by atoms with Gasteiger partial charge < -0.3 is 0 Å². The molecule has 0 bridgehead atoms. The molecule has 1 aromatic rings. The van der Waals surface area contributed by atoms with Gasteiger partial charge in [-0.25, -0.2) is 0 Å². The van der Waals surface area contributed by atoms with Gasteiger partial charge in [0.2, 0.25) is 0 Å². The summed E-state index contributed by atoms with van der Waals surface area (Å²) in [6.07, 6.45) is 3.74. The smallest absolute Gasteiger partial charge is 0.150 e. The maximum absolute atomic E-state index is 10.0. The highest BCUT2D eigenvalue weighted by Crippen LogP contribution is 1.91. The maximum Gasteiger partial charge on any atom is 0.150 e. The van der Waals surface area contributed by atoms with Crippen molar-refractivity contribution in [2.45, 2.75) is 26.2 Å². The van der Waals surface area contributed by atoms with Gasteiger partial charge in [-0.05, 0) is 6.42 Å². The average Bonchev–Trinajstić information content (AvgIpc) is 2.28. The minimum absolute atomic E-state index is 0.719. The highest BCUT2D eigenvalue weighted by Gasteiger charge is 1.80. The van der Waals surface area contributed by atoms with Crippen molar-refractivity contribution < 1.29 is 4.79 Å². The van der Waals surface area contributed by atoms with Crippen LogP contribution in [0.25, 0.3) is 0 Å². The first kappa shape index (κ1) is 12.4. The second kappa shape index (κ2) is 9.47. The third-order valence-electron chi connectivity index (χ3n) is 1.58. The first-order chi connectivity index (χ1) is 6.85. The number of nitrogens with zero attached hydrogens (tertiary/aromatic N) is 1. The van der Waals surface area contributed by atoms with Gasteiger partial charge in [0.05, 0.1) is 6.07 Å². The molecule has 0 amide bonds. The Kier molecular flexibility index (Phi) is 8.37. The zero-order valence-electron chi connectivity index (χ0n) is 8.44. The molecule has 1 rings (SSSR count). The maximum atomic E-state index is 10.0. The van der Waals surface area contributed by atoms with Gasteiger partial charge in [0.25, 0.3) is 0 Å².